The van der Waals surface area contributed by atoms with Gasteiger partial charge in [0.05, 0.1) is 11.8 Å². The minimum atomic E-state index is -0.680. The van der Waals surface area contributed by atoms with E-state index >= 15 is 0 Å². The first-order chi connectivity index (χ1) is 8.59. The van der Waals surface area contributed by atoms with Crippen LogP contribution in [0.1, 0.15) is 19.3 Å². The molecule has 0 spiro atoms. The Hall–Kier alpha value is -1.52. The van der Waals surface area contributed by atoms with Gasteiger partial charge < -0.3 is 4.74 Å². The second-order valence-electron chi connectivity index (χ2n) is 5.84. The minimum Gasteiger partial charge on any atom is -0.393 e. The molecule has 4 aliphatic rings. The van der Waals surface area contributed by atoms with E-state index in [0.29, 0.717) is 6.42 Å². The number of ether oxygens (including phenoxy) is 1. The monoisotopic (exact) mass is 248 g/mol. The first kappa shape index (κ1) is 10.4. The van der Waals surface area contributed by atoms with Crippen LogP contribution >= 0.6 is 0 Å². The van der Waals surface area contributed by atoms with Gasteiger partial charge in [-0.1, -0.05) is 0 Å². The van der Waals surface area contributed by atoms with Crippen LogP contribution < -0.4 is 0 Å². The molecule has 6 atom stereocenters. The van der Waals surface area contributed by atoms with Gasteiger partial charge in [-0.2, -0.15) is 0 Å². The summed E-state index contributed by atoms with van der Waals surface area (Å²) < 4.78 is 4.60. The van der Waals surface area contributed by atoms with Crippen LogP contribution in [0.15, 0.2) is 0 Å². The fraction of sp³-hybridized carbons (Fsp3) is 0.692. The van der Waals surface area contributed by atoms with Crippen LogP contribution in [0, 0.1) is 35.5 Å². The highest BCUT2D eigenvalue weighted by molar-refractivity contribution is 6.07. The van der Waals surface area contributed by atoms with E-state index in [1.807, 2.05) is 0 Å². The normalized spacial score (nSPS) is 49.3. The molecule has 3 aliphatic carbocycles. The quantitative estimate of drug-likeness (QED) is 0.449. The predicted octanol–water partition coefficient (Wildman–Crippen LogP) is 0.116. The predicted molar refractivity (Wildman–Crippen MR) is 55.9 cm³/mol. The zero-order chi connectivity index (χ0) is 12.6. The Morgan fingerprint density at radius 1 is 0.722 bits per heavy atom. The highest BCUT2D eigenvalue weighted by Gasteiger charge is 2.65. The number of carbonyl (C=O) groups excluding carboxylic acids is 4. The van der Waals surface area contributed by atoms with Crippen LogP contribution in [0.3, 0.4) is 0 Å². The van der Waals surface area contributed by atoms with Gasteiger partial charge in [0.2, 0.25) is 0 Å². The minimum absolute atomic E-state index is 0.0231. The summed E-state index contributed by atoms with van der Waals surface area (Å²) in [6, 6.07) is 0. The van der Waals surface area contributed by atoms with Crippen molar-refractivity contribution in [3.8, 4) is 0 Å². The SMILES string of the molecule is O=C1OC(=O)C2C1CC1C(=O)C3CCC3C(=O)C12. The van der Waals surface area contributed by atoms with Crippen LogP contribution in [0.5, 0.6) is 0 Å². The summed E-state index contributed by atoms with van der Waals surface area (Å²) in [5, 5.41) is 0. The maximum atomic E-state index is 12.3. The van der Waals surface area contributed by atoms with Gasteiger partial charge in [-0.25, -0.2) is 0 Å². The van der Waals surface area contributed by atoms with Gasteiger partial charge in [-0.15, -0.1) is 0 Å². The summed E-state index contributed by atoms with van der Waals surface area (Å²) in [6.07, 6.45) is 1.86. The smallest absolute Gasteiger partial charge is 0.318 e. The third-order valence-corrected chi connectivity index (χ3v) is 5.24. The molecule has 0 aromatic rings. The van der Waals surface area contributed by atoms with E-state index in [1.54, 1.807) is 0 Å². The molecule has 5 heteroatoms. The average Bonchev–Trinajstić information content (AvgIpc) is 2.75. The summed E-state index contributed by atoms with van der Waals surface area (Å²) in [4.78, 5) is 47.8. The zero-order valence-corrected chi connectivity index (χ0v) is 9.63. The lowest BCUT2D eigenvalue weighted by Crippen LogP contribution is -2.52. The molecule has 4 rings (SSSR count). The standard InChI is InChI=1S/C13H12O5/c14-10-4-1-2-5(4)11(15)8-6(10)3-7-9(8)13(17)18-12(7)16/h4-9H,1-3H2. The molecule has 0 aromatic heterocycles. The van der Waals surface area contributed by atoms with Crippen molar-refractivity contribution >= 4 is 23.5 Å². The van der Waals surface area contributed by atoms with Gasteiger partial charge in [0.1, 0.15) is 11.6 Å². The van der Waals surface area contributed by atoms with Gasteiger partial charge in [0, 0.05) is 23.7 Å². The van der Waals surface area contributed by atoms with Crippen molar-refractivity contribution in [1.82, 2.24) is 0 Å². The first-order valence-electron chi connectivity index (χ1n) is 6.42. The van der Waals surface area contributed by atoms with Gasteiger partial charge in [0.25, 0.3) is 0 Å². The molecule has 4 fully saturated rings. The summed E-state index contributed by atoms with van der Waals surface area (Å²) in [7, 11) is 0. The molecule has 0 N–H and O–H groups in total. The molecule has 0 radical (unpaired) electrons. The molecule has 1 heterocycles. The van der Waals surface area contributed by atoms with Crippen LogP contribution in [-0.2, 0) is 23.9 Å². The molecule has 3 saturated carbocycles. The Bertz CT molecular complexity index is 508. The number of ketones is 2. The third-order valence-electron chi connectivity index (χ3n) is 5.24. The van der Waals surface area contributed by atoms with E-state index in [2.05, 4.69) is 4.74 Å². The number of carbonyl (C=O) groups is 4. The third kappa shape index (κ3) is 0.993. The number of cyclic esters (lactones) is 2. The first-order valence-corrected chi connectivity index (χ1v) is 6.42. The summed E-state index contributed by atoms with van der Waals surface area (Å²) in [6.45, 7) is 0. The molecule has 0 aromatic carbocycles. The molecule has 5 nitrogen and oxygen atoms in total. The van der Waals surface area contributed by atoms with Gasteiger partial charge >= 0.3 is 11.9 Å². The van der Waals surface area contributed by atoms with Crippen molar-refractivity contribution in [1.29, 1.82) is 0 Å². The number of hydrogen-bond donors (Lipinski definition) is 0. The van der Waals surface area contributed by atoms with Crippen LogP contribution in [-0.4, -0.2) is 23.5 Å². The zero-order valence-electron chi connectivity index (χ0n) is 9.63. The average molecular weight is 248 g/mol. The lowest BCUT2D eigenvalue weighted by Gasteiger charge is -2.43. The van der Waals surface area contributed by atoms with Crippen molar-refractivity contribution in [2.45, 2.75) is 19.3 Å². The van der Waals surface area contributed by atoms with Crippen molar-refractivity contribution < 1.29 is 23.9 Å². The Morgan fingerprint density at radius 2 is 1.39 bits per heavy atom. The summed E-state index contributed by atoms with van der Waals surface area (Å²) in [5.74, 6) is -3.58. The van der Waals surface area contributed by atoms with Crippen LogP contribution in [0.4, 0.5) is 0 Å². The fourth-order valence-corrected chi connectivity index (χ4v) is 4.24. The van der Waals surface area contributed by atoms with Gasteiger partial charge in [-0.05, 0) is 19.3 Å². The Morgan fingerprint density at radius 3 is 2.06 bits per heavy atom. The Kier molecular flexibility index (Phi) is 1.78. The van der Waals surface area contributed by atoms with Crippen molar-refractivity contribution in [3.05, 3.63) is 0 Å². The number of Topliss-reactive ketones (excluding diaryl/α,β-unsaturated/α-hetero) is 2. The number of esters is 2. The molecule has 94 valence electrons. The number of fused-ring (bicyclic) bond motifs is 4. The molecule has 6 unspecified atom stereocenters. The molecule has 0 amide bonds. The van der Waals surface area contributed by atoms with Crippen LogP contribution in [0.2, 0.25) is 0 Å². The van der Waals surface area contributed by atoms with E-state index in [0.717, 1.165) is 12.8 Å². The van der Waals surface area contributed by atoms with E-state index in [9.17, 15) is 19.2 Å². The maximum absolute atomic E-state index is 12.3. The fourth-order valence-electron chi connectivity index (χ4n) is 4.24. The molecule has 18 heavy (non-hydrogen) atoms. The maximum Gasteiger partial charge on any atom is 0.318 e. The molecule has 0 bridgehead atoms. The highest BCUT2D eigenvalue weighted by atomic mass is 16.6. The van der Waals surface area contributed by atoms with E-state index < -0.39 is 35.6 Å². The Labute approximate surface area is 103 Å². The number of rotatable bonds is 0. The van der Waals surface area contributed by atoms with Gasteiger partial charge in [0.15, 0.2) is 0 Å². The largest absolute Gasteiger partial charge is 0.393 e. The number of hydrogen-bond acceptors (Lipinski definition) is 5. The lowest BCUT2D eigenvalue weighted by atomic mass is 9.57. The molecule has 1 saturated heterocycles. The van der Waals surface area contributed by atoms with Gasteiger partial charge in [-0.3, -0.25) is 19.2 Å². The van der Waals surface area contributed by atoms with Crippen molar-refractivity contribution in [2.24, 2.45) is 35.5 Å². The molecule has 1 aliphatic heterocycles. The molecular formula is C13H12O5. The van der Waals surface area contributed by atoms with E-state index in [-0.39, 0.29) is 23.4 Å². The van der Waals surface area contributed by atoms with Crippen molar-refractivity contribution in [3.63, 3.8) is 0 Å². The molecular weight excluding hydrogens is 236 g/mol. The second kappa shape index (κ2) is 3.08. The second-order valence-corrected chi connectivity index (χ2v) is 5.84. The lowest BCUT2D eigenvalue weighted by molar-refractivity contribution is -0.160. The van der Waals surface area contributed by atoms with Crippen LogP contribution in [0.25, 0.3) is 0 Å². The summed E-state index contributed by atoms with van der Waals surface area (Å²) in [5.41, 5.74) is 0. The topological polar surface area (TPSA) is 77.5 Å². The van der Waals surface area contributed by atoms with Crippen molar-refractivity contribution in [2.75, 3.05) is 0 Å². The summed E-state index contributed by atoms with van der Waals surface area (Å²) >= 11 is 0. The highest BCUT2D eigenvalue weighted by Crippen LogP contribution is 2.55. The Balaban J connectivity index is 1.77. The van der Waals surface area contributed by atoms with E-state index in [1.165, 1.54) is 0 Å². The van der Waals surface area contributed by atoms with E-state index in [4.69, 9.17) is 0 Å².